The first kappa shape index (κ1) is 15.1. The van der Waals surface area contributed by atoms with E-state index in [1.165, 1.54) is 30.3 Å². The third-order valence-electron chi connectivity index (χ3n) is 2.70. The lowest BCUT2D eigenvalue weighted by Crippen LogP contribution is -2.07. The zero-order chi connectivity index (χ0) is 15.4. The van der Waals surface area contributed by atoms with Crippen LogP contribution >= 0.6 is 15.9 Å². The third-order valence-corrected chi connectivity index (χ3v) is 3.39. The molecule has 108 valence electrons. The van der Waals surface area contributed by atoms with E-state index in [9.17, 15) is 19.3 Å². The van der Waals surface area contributed by atoms with Gasteiger partial charge in [-0.2, -0.15) is 0 Å². The summed E-state index contributed by atoms with van der Waals surface area (Å²) in [5, 5.41) is 10.8. The normalized spacial score (nSPS) is 10.2. The van der Waals surface area contributed by atoms with E-state index in [4.69, 9.17) is 4.74 Å². The van der Waals surface area contributed by atoms with Crippen molar-refractivity contribution in [1.29, 1.82) is 0 Å². The Morgan fingerprint density at radius 2 is 2.00 bits per heavy atom. The van der Waals surface area contributed by atoms with Gasteiger partial charge in [0.2, 0.25) is 0 Å². The summed E-state index contributed by atoms with van der Waals surface area (Å²) in [5.74, 6) is -1.34. The molecule has 0 N–H and O–H groups in total. The summed E-state index contributed by atoms with van der Waals surface area (Å²) in [5.41, 5.74) is 0.153. The van der Waals surface area contributed by atoms with Crippen molar-refractivity contribution in [2.24, 2.45) is 0 Å². The maximum absolute atomic E-state index is 13.1. The van der Waals surface area contributed by atoms with Crippen molar-refractivity contribution in [3.05, 3.63) is 74.0 Å². The molecular weight excluding hydrogens is 345 g/mol. The molecule has 21 heavy (non-hydrogen) atoms. The largest absolute Gasteiger partial charge is 0.457 e. The molecule has 5 nitrogen and oxygen atoms in total. The number of para-hydroxylation sites is 1. The average molecular weight is 354 g/mol. The van der Waals surface area contributed by atoms with Crippen LogP contribution < -0.4 is 0 Å². The van der Waals surface area contributed by atoms with E-state index < -0.39 is 16.7 Å². The van der Waals surface area contributed by atoms with Crippen molar-refractivity contribution in [1.82, 2.24) is 0 Å². The monoisotopic (exact) mass is 353 g/mol. The number of nitro groups is 1. The molecule has 0 unspecified atom stereocenters. The van der Waals surface area contributed by atoms with Gasteiger partial charge in [-0.05, 0) is 40.2 Å². The van der Waals surface area contributed by atoms with Gasteiger partial charge < -0.3 is 4.74 Å². The molecule has 0 aliphatic carbocycles. The molecule has 0 saturated carbocycles. The average Bonchev–Trinajstić information content (AvgIpc) is 2.47. The fraction of sp³-hybridized carbons (Fsp3) is 0.0714. The van der Waals surface area contributed by atoms with Crippen molar-refractivity contribution in [3.8, 4) is 0 Å². The highest BCUT2D eigenvalue weighted by molar-refractivity contribution is 9.10. The van der Waals surface area contributed by atoms with Gasteiger partial charge in [0, 0.05) is 10.5 Å². The summed E-state index contributed by atoms with van der Waals surface area (Å²) in [6, 6.07) is 9.56. The minimum Gasteiger partial charge on any atom is -0.457 e. The molecule has 2 aromatic carbocycles. The van der Waals surface area contributed by atoms with Gasteiger partial charge in [-0.15, -0.1) is 0 Å². The van der Waals surface area contributed by atoms with Crippen molar-refractivity contribution in [3.63, 3.8) is 0 Å². The zero-order valence-corrected chi connectivity index (χ0v) is 12.2. The highest BCUT2D eigenvalue weighted by Gasteiger charge is 2.17. The Kier molecular flexibility index (Phi) is 4.64. The SMILES string of the molecule is O=C(OCc1ccccc1[N+](=O)[O-])c1cc(F)ccc1Br. The number of benzene rings is 2. The molecule has 0 fully saturated rings. The summed E-state index contributed by atoms with van der Waals surface area (Å²) < 4.78 is 18.5. The van der Waals surface area contributed by atoms with E-state index in [2.05, 4.69) is 15.9 Å². The predicted octanol–water partition coefficient (Wildman–Crippen LogP) is 3.85. The Labute approximate surface area is 127 Å². The van der Waals surface area contributed by atoms with Gasteiger partial charge in [0.1, 0.15) is 12.4 Å². The Morgan fingerprint density at radius 1 is 1.29 bits per heavy atom. The molecule has 2 aromatic rings. The van der Waals surface area contributed by atoms with Gasteiger partial charge in [0.25, 0.3) is 5.69 Å². The van der Waals surface area contributed by atoms with E-state index in [1.807, 2.05) is 0 Å². The summed E-state index contributed by atoms with van der Waals surface area (Å²) in [6.07, 6.45) is 0. The number of hydrogen-bond donors (Lipinski definition) is 0. The first-order valence-corrected chi connectivity index (χ1v) is 6.63. The number of carbonyl (C=O) groups excluding carboxylic acids is 1. The zero-order valence-electron chi connectivity index (χ0n) is 10.6. The molecule has 0 aromatic heterocycles. The fourth-order valence-electron chi connectivity index (χ4n) is 1.69. The second-order valence-corrected chi connectivity index (χ2v) is 4.94. The molecule has 2 rings (SSSR count). The molecular formula is C14H9BrFNO4. The Morgan fingerprint density at radius 3 is 2.71 bits per heavy atom. The number of rotatable bonds is 4. The summed E-state index contributed by atoms with van der Waals surface area (Å²) in [6.45, 7) is -0.265. The van der Waals surface area contributed by atoms with Gasteiger partial charge in [-0.3, -0.25) is 10.1 Å². The minimum atomic E-state index is -0.764. The minimum absolute atomic E-state index is 0.0218. The van der Waals surface area contributed by atoms with Crippen LogP contribution in [-0.4, -0.2) is 10.9 Å². The van der Waals surface area contributed by atoms with Crippen LogP contribution in [0.15, 0.2) is 46.9 Å². The summed E-state index contributed by atoms with van der Waals surface area (Å²) in [7, 11) is 0. The van der Waals surface area contributed by atoms with E-state index in [1.54, 1.807) is 6.07 Å². The number of carbonyl (C=O) groups is 1. The second-order valence-electron chi connectivity index (χ2n) is 4.09. The standard InChI is InChI=1S/C14H9BrFNO4/c15-12-6-5-10(16)7-11(12)14(18)21-8-9-3-1-2-4-13(9)17(19)20/h1-7H,8H2. The molecule has 0 amide bonds. The highest BCUT2D eigenvalue weighted by atomic mass is 79.9. The first-order chi connectivity index (χ1) is 9.99. The molecule has 7 heteroatoms. The number of hydrogen-bond acceptors (Lipinski definition) is 4. The highest BCUT2D eigenvalue weighted by Crippen LogP contribution is 2.22. The second kappa shape index (κ2) is 6.45. The van der Waals surface area contributed by atoms with Crippen molar-refractivity contribution < 1.29 is 18.8 Å². The lowest BCUT2D eigenvalue weighted by atomic mass is 10.2. The van der Waals surface area contributed by atoms with Gasteiger partial charge in [0.15, 0.2) is 0 Å². The molecule has 0 aliphatic heterocycles. The smallest absolute Gasteiger partial charge is 0.339 e. The Bertz CT molecular complexity index is 705. The maximum Gasteiger partial charge on any atom is 0.339 e. The Balaban J connectivity index is 2.15. The third kappa shape index (κ3) is 3.63. The molecule has 0 atom stereocenters. The van der Waals surface area contributed by atoms with Gasteiger partial charge in [0.05, 0.1) is 16.1 Å². The number of nitro benzene ring substituents is 1. The van der Waals surface area contributed by atoms with E-state index in [-0.39, 0.29) is 23.4 Å². The molecule has 0 heterocycles. The summed E-state index contributed by atoms with van der Waals surface area (Å²) >= 11 is 3.12. The molecule has 0 saturated heterocycles. The Hall–Kier alpha value is -2.28. The lowest BCUT2D eigenvalue weighted by Gasteiger charge is -2.07. The van der Waals surface area contributed by atoms with Crippen molar-refractivity contribution >= 4 is 27.6 Å². The van der Waals surface area contributed by atoms with E-state index >= 15 is 0 Å². The van der Waals surface area contributed by atoms with E-state index in [0.717, 1.165) is 6.07 Å². The fourth-order valence-corrected chi connectivity index (χ4v) is 2.09. The van der Waals surface area contributed by atoms with Gasteiger partial charge in [-0.25, -0.2) is 9.18 Å². The number of halogens is 2. The van der Waals surface area contributed by atoms with Crippen LogP contribution in [0.5, 0.6) is 0 Å². The van der Waals surface area contributed by atoms with E-state index in [0.29, 0.717) is 4.47 Å². The predicted molar refractivity (Wildman–Crippen MR) is 76.3 cm³/mol. The van der Waals surface area contributed by atoms with Crippen LogP contribution in [0.1, 0.15) is 15.9 Å². The quantitative estimate of drug-likeness (QED) is 0.475. The number of ether oxygens (including phenoxy) is 1. The van der Waals surface area contributed by atoms with Crippen molar-refractivity contribution in [2.45, 2.75) is 6.61 Å². The maximum atomic E-state index is 13.1. The first-order valence-electron chi connectivity index (χ1n) is 5.83. The van der Waals surface area contributed by atoms with Crippen LogP contribution in [0.25, 0.3) is 0 Å². The van der Waals surface area contributed by atoms with Crippen LogP contribution in [0.2, 0.25) is 0 Å². The number of esters is 1. The summed E-state index contributed by atoms with van der Waals surface area (Å²) in [4.78, 5) is 22.2. The molecule has 0 spiro atoms. The van der Waals surface area contributed by atoms with Crippen LogP contribution in [0, 0.1) is 15.9 Å². The molecule has 0 radical (unpaired) electrons. The van der Waals surface area contributed by atoms with Gasteiger partial charge in [-0.1, -0.05) is 12.1 Å². The molecule has 0 bridgehead atoms. The molecule has 0 aliphatic rings. The van der Waals surface area contributed by atoms with Crippen LogP contribution in [0.3, 0.4) is 0 Å². The lowest BCUT2D eigenvalue weighted by molar-refractivity contribution is -0.385. The topological polar surface area (TPSA) is 69.4 Å². The van der Waals surface area contributed by atoms with Crippen LogP contribution in [0.4, 0.5) is 10.1 Å². The number of nitrogens with zero attached hydrogens (tertiary/aromatic N) is 1. The van der Waals surface area contributed by atoms with Crippen molar-refractivity contribution in [2.75, 3.05) is 0 Å². The van der Waals surface area contributed by atoms with Crippen LogP contribution in [-0.2, 0) is 11.3 Å². The van der Waals surface area contributed by atoms with Gasteiger partial charge >= 0.3 is 5.97 Å².